The summed E-state index contributed by atoms with van der Waals surface area (Å²) < 4.78 is 4.62. The number of aromatic amines is 1. The number of aromatic nitrogens is 1. The van der Waals surface area contributed by atoms with Gasteiger partial charge in [-0.1, -0.05) is 6.07 Å². The molecule has 1 aromatic heterocycles. The fraction of sp³-hybridized carbons (Fsp3) is 0.308. The predicted molar refractivity (Wildman–Crippen MR) is 63.4 cm³/mol. The van der Waals surface area contributed by atoms with Gasteiger partial charge in [-0.2, -0.15) is 0 Å². The van der Waals surface area contributed by atoms with E-state index in [1.165, 1.54) is 12.5 Å². The summed E-state index contributed by atoms with van der Waals surface area (Å²) in [7, 11) is 1.42. The quantitative estimate of drug-likeness (QED) is 0.803. The molecule has 1 aromatic carbocycles. The van der Waals surface area contributed by atoms with Crippen molar-refractivity contribution in [1.29, 1.82) is 0 Å². The number of hydrogen-bond donors (Lipinski definition) is 1. The van der Waals surface area contributed by atoms with Gasteiger partial charge in [-0.05, 0) is 42.5 Å². The van der Waals surface area contributed by atoms with Crippen LogP contribution < -0.4 is 0 Å². The van der Waals surface area contributed by atoms with Crippen LogP contribution in [0.5, 0.6) is 0 Å². The van der Waals surface area contributed by atoms with E-state index in [0.29, 0.717) is 6.42 Å². The van der Waals surface area contributed by atoms with Crippen LogP contribution in [-0.4, -0.2) is 18.1 Å². The third-order valence-corrected chi connectivity index (χ3v) is 2.67. The molecule has 0 radical (unpaired) electrons. The Morgan fingerprint density at radius 2 is 2.19 bits per heavy atom. The second-order valence-electron chi connectivity index (χ2n) is 3.95. The van der Waals surface area contributed by atoms with Crippen LogP contribution >= 0.6 is 0 Å². The van der Waals surface area contributed by atoms with Crippen molar-refractivity contribution in [3.63, 3.8) is 0 Å². The lowest BCUT2D eigenvalue weighted by molar-refractivity contribution is -0.140. The standard InChI is InChI=1S/C13H15NO2/c1-9-7-11-8-10(3-5-12(11)14-9)4-6-13(15)16-2/h3,5,7-8,14H,4,6H2,1-2H3. The van der Waals surface area contributed by atoms with E-state index in [1.54, 1.807) is 0 Å². The predicted octanol–water partition coefficient (Wildman–Crippen LogP) is 2.58. The number of carbonyl (C=O) groups excluding carboxylic acids is 1. The van der Waals surface area contributed by atoms with Crippen LogP contribution in [0, 0.1) is 6.92 Å². The lowest BCUT2D eigenvalue weighted by atomic mass is 10.1. The number of esters is 1. The van der Waals surface area contributed by atoms with Gasteiger partial charge in [0.2, 0.25) is 0 Å². The molecule has 0 bridgehead atoms. The smallest absolute Gasteiger partial charge is 0.305 e. The van der Waals surface area contributed by atoms with Crippen molar-refractivity contribution >= 4 is 16.9 Å². The molecule has 1 heterocycles. The van der Waals surface area contributed by atoms with Crippen molar-refractivity contribution in [3.05, 3.63) is 35.5 Å². The Morgan fingerprint density at radius 1 is 1.38 bits per heavy atom. The number of ether oxygens (including phenoxy) is 1. The zero-order chi connectivity index (χ0) is 11.5. The molecule has 0 unspecified atom stereocenters. The lowest BCUT2D eigenvalue weighted by Crippen LogP contribution is -2.01. The van der Waals surface area contributed by atoms with E-state index in [-0.39, 0.29) is 5.97 Å². The summed E-state index contributed by atoms with van der Waals surface area (Å²) in [5, 5.41) is 1.19. The summed E-state index contributed by atoms with van der Waals surface area (Å²) in [6.07, 6.45) is 1.16. The molecule has 0 aliphatic heterocycles. The van der Waals surface area contributed by atoms with Crippen LogP contribution in [0.2, 0.25) is 0 Å². The van der Waals surface area contributed by atoms with E-state index in [0.717, 1.165) is 23.2 Å². The Morgan fingerprint density at radius 3 is 2.94 bits per heavy atom. The monoisotopic (exact) mass is 217 g/mol. The van der Waals surface area contributed by atoms with Gasteiger partial charge >= 0.3 is 5.97 Å². The molecule has 84 valence electrons. The molecule has 3 nitrogen and oxygen atoms in total. The molecule has 3 heteroatoms. The minimum absolute atomic E-state index is 0.162. The van der Waals surface area contributed by atoms with E-state index in [2.05, 4.69) is 27.9 Å². The summed E-state index contributed by atoms with van der Waals surface area (Å²) in [4.78, 5) is 14.3. The van der Waals surface area contributed by atoms with E-state index in [1.807, 2.05) is 13.0 Å². The van der Waals surface area contributed by atoms with Gasteiger partial charge in [0.1, 0.15) is 0 Å². The van der Waals surface area contributed by atoms with Crippen LogP contribution in [0.4, 0.5) is 0 Å². The zero-order valence-corrected chi connectivity index (χ0v) is 9.54. The number of H-pyrrole nitrogens is 1. The molecule has 1 N–H and O–H groups in total. The topological polar surface area (TPSA) is 42.1 Å². The van der Waals surface area contributed by atoms with E-state index >= 15 is 0 Å². The van der Waals surface area contributed by atoms with Crippen LogP contribution in [0.25, 0.3) is 10.9 Å². The van der Waals surface area contributed by atoms with Crippen LogP contribution in [-0.2, 0) is 16.0 Å². The normalized spacial score (nSPS) is 10.6. The SMILES string of the molecule is COC(=O)CCc1ccc2[nH]c(C)cc2c1. The highest BCUT2D eigenvalue weighted by molar-refractivity contribution is 5.81. The summed E-state index contributed by atoms with van der Waals surface area (Å²) in [6, 6.07) is 8.31. The molecule has 16 heavy (non-hydrogen) atoms. The zero-order valence-electron chi connectivity index (χ0n) is 9.54. The van der Waals surface area contributed by atoms with Crippen LogP contribution in [0.1, 0.15) is 17.7 Å². The summed E-state index contributed by atoms with van der Waals surface area (Å²) in [5.41, 5.74) is 3.45. The number of aryl methyl sites for hydroxylation is 2. The number of rotatable bonds is 3. The average molecular weight is 217 g/mol. The molecule has 0 aliphatic carbocycles. The van der Waals surface area contributed by atoms with Crippen molar-refractivity contribution in [1.82, 2.24) is 4.98 Å². The third kappa shape index (κ3) is 2.24. The van der Waals surface area contributed by atoms with Gasteiger partial charge in [-0.3, -0.25) is 4.79 Å². The minimum Gasteiger partial charge on any atom is -0.469 e. The molecule has 0 spiro atoms. The highest BCUT2D eigenvalue weighted by Crippen LogP contribution is 2.17. The fourth-order valence-electron chi connectivity index (χ4n) is 1.83. The molecule has 0 saturated heterocycles. The Balaban J connectivity index is 2.16. The summed E-state index contributed by atoms with van der Waals surface area (Å²) in [6.45, 7) is 2.04. The first-order valence-electron chi connectivity index (χ1n) is 5.34. The van der Waals surface area contributed by atoms with Crippen molar-refractivity contribution in [2.24, 2.45) is 0 Å². The molecular weight excluding hydrogens is 202 g/mol. The number of nitrogens with one attached hydrogen (secondary N) is 1. The van der Waals surface area contributed by atoms with Gasteiger partial charge in [0.25, 0.3) is 0 Å². The Labute approximate surface area is 94.4 Å². The first kappa shape index (κ1) is 10.7. The Hall–Kier alpha value is -1.77. The van der Waals surface area contributed by atoms with Crippen molar-refractivity contribution in [3.8, 4) is 0 Å². The van der Waals surface area contributed by atoms with Crippen LogP contribution in [0.15, 0.2) is 24.3 Å². The number of benzene rings is 1. The van der Waals surface area contributed by atoms with Gasteiger partial charge in [0.05, 0.1) is 7.11 Å². The summed E-state index contributed by atoms with van der Waals surface area (Å²) in [5.74, 6) is -0.162. The minimum atomic E-state index is -0.162. The highest BCUT2D eigenvalue weighted by Gasteiger charge is 2.03. The van der Waals surface area contributed by atoms with E-state index in [9.17, 15) is 4.79 Å². The van der Waals surface area contributed by atoms with E-state index < -0.39 is 0 Å². The van der Waals surface area contributed by atoms with Gasteiger partial charge in [-0.15, -0.1) is 0 Å². The highest BCUT2D eigenvalue weighted by atomic mass is 16.5. The fourth-order valence-corrected chi connectivity index (χ4v) is 1.83. The molecule has 0 amide bonds. The number of hydrogen-bond acceptors (Lipinski definition) is 2. The molecule has 2 aromatic rings. The Kier molecular flexibility index (Phi) is 2.95. The second-order valence-corrected chi connectivity index (χ2v) is 3.95. The maximum atomic E-state index is 11.0. The first-order valence-corrected chi connectivity index (χ1v) is 5.34. The molecule has 0 saturated carbocycles. The molecule has 0 fully saturated rings. The van der Waals surface area contributed by atoms with Crippen molar-refractivity contribution in [2.45, 2.75) is 19.8 Å². The second kappa shape index (κ2) is 4.39. The molecule has 0 aliphatic rings. The third-order valence-electron chi connectivity index (χ3n) is 2.67. The number of fused-ring (bicyclic) bond motifs is 1. The van der Waals surface area contributed by atoms with Gasteiger partial charge in [0, 0.05) is 17.6 Å². The van der Waals surface area contributed by atoms with Crippen molar-refractivity contribution < 1.29 is 9.53 Å². The van der Waals surface area contributed by atoms with Crippen LogP contribution in [0.3, 0.4) is 0 Å². The lowest BCUT2D eigenvalue weighted by Gasteiger charge is -2.00. The Bertz CT molecular complexity index is 514. The van der Waals surface area contributed by atoms with Crippen molar-refractivity contribution in [2.75, 3.05) is 7.11 Å². The maximum absolute atomic E-state index is 11.0. The van der Waals surface area contributed by atoms with Gasteiger partial charge < -0.3 is 9.72 Å². The first-order chi connectivity index (χ1) is 7.69. The number of methoxy groups -OCH3 is 1. The number of carbonyl (C=O) groups is 1. The molecular formula is C13H15NO2. The van der Waals surface area contributed by atoms with Gasteiger partial charge in [0.15, 0.2) is 0 Å². The largest absolute Gasteiger partial charge is 0.469 e. The molecule has 0 atom stereocenters. The van der Waals surface area contributed by atoms with E-state index in [4.69, 9.17) is 0 Å². The average Bonchev–Trinajstić information content (AvgIpc) is 2.65. The van der Waals surface area contributed by atoms with Gasteiger partial charge in [-0.25, -0.2) is 0 Å². The summed E-state index contributed by atoms with van der Waals surface area (Å²) >= 11 is 0. The molecule has 2 rings (SSSR count). The maximum Gasteiger partial charge on any atom is 0.305 e.